The zero-order valence-corrected chi connectivity index (χ0v) is 13.0. The first-order chi connectivity index (χ1) is 9.72. The SMILES string of the molecule is Clc1ccc(/C=N\Nc2nc3c(s2)CCCC3)c(Cl)c1. The summed E-state index contributed by atoms with van der Waals surface area (Å²) in [5.41, 5.74) is 5.03. The van der Waals surface area contributed by atoms with Crippen molar-refractivity contribution in [2.24, 2.45) is 5.10 Å². The van der Waals surface area contributed by atoms with Gasteiger partial charge in [0.15, 0.2) is 0 Å². The normalized spacial score (nSPS) is 14.5. The highest BCUT2D eigenvalue weighted by Gasteiger charge is 2.14. The lowest BCUT2D eigenvalue weighted by atomic mass is 10.0. The summed E-state index contributed by atoms with van der Waals surface area (Å²) in [5.74, 6) is 0. The summed E-state index contributed by atoms with van der Waals surface area (Å²) in [6.45, 7) is 0. The van der Waals surface area contributed by atoms with Crippen molar-refractivity contribution in [1.82, 2.24) is 4.98 Å². The van der Waals surface area contributed by atoms with E-state index in [1.165, 1.54) is 23.4 Å². The van der Waals surface area contributed by atoms with Crippen molar-refractivity contribution < 1.29 is 0 Å². The van der Waals surface area contributed by atoms with Gasteiger partial charge in [0.1, 0.15) is 0 Å². The lowest BCUT2D eigenvalue weighted by Crippen LogP contribution is -1.99. The van der Waals surface area contributed by atoms with Crippen LogP contribution >= 0.6 is 34.5 Å². The van der Waals surface area contributed by atoms with E-state index in [4.69, 9.17) is 23.2 Å². The minimum atomic E-state index is 0.585. The molecule has 1 aromatic heterocycles. The van der Waals surface area contributed by atoms with E-state index in [-0.39, 0.29) is 0 Å². The van der Waals surface area contributed by atoms with Crippen molar-refractivity contribution in [1.29, 1.82) is 0 Å². The van der Waals surface area contributed by atoms with Crippen LogP contribution in [0.4, 0.5) is 5.13 Å². The molecular formula is C14H13Cl2N3S. The van der Waals surface area contributed by atoms with Crippen molar-refractivity contribution in [2.45, 2.75) is 25.7 Å². The Labute approximate surface area is 131 Å². The number of halogens is 2. The summed E-state index contributed by atoms with van der Waals surface area (Å²) in [6, 6.07) is 5.33. The fraction of sp³-hybridized carbons (Fsp3) is 0.286. The monoisotopic (exact) mass is 325 g/mol. The van der Waals surface area contributed by atoms with Gasteiger partial charge in [-0.25, -0.2) is 4.98 Å². The first-order valence-electron chi connectivity index (χ1n) is 6.45. The molecule has 1 heterocycles. The Hall–Kier alpha value is -1.10. The van der Waals surface area contributed by atoms with Crippen molar-refractivity contribution in [3.05, 3.63) is 44.4 Å². The molecule has 1 aliphatic rings. The predicted octanol–water partition coefficient (Wildman–Crippen LogP) is 4.77. The maximum absolute atomic E-state index is 6.08. The van der Waals surface area contributed by atoms with Crippen molar-refractivity contribution in [3.63, 3.8) is 0 Å². The molecule has 0 aliphatic heterocycles. The Morgan fingerprint density at radius 1 is 1.25 bits per heavy atom. The first-order valence-corrected chi connectivity index (χ1v) is 8.02. The zero-order valence-electron chi connectivity index (χ0n) is 10.7. The molecule has 1 N–H and O–H groups in total. The Morgan fingerprint density at radius 2 is 2.10 bits per heavy atom. The van der Waals surface area contributed by atoms with Gasteiger partial charge in [-0.15, -0.1) is 11.3 Å². The molecule has 20 heavy (non-hydrogen) atoms. The molecule has 0 saturated carbocycles. The van der Waals surface area contributed by atoms with Crippen molar-refractivity contribution in [3.8, 4) is 0 Å². The molecule has 0 fully saturated rings. The molecule has 104 valence electrons. The summed E-state index contributed by atoms with van der Waals surface area (Å²) in [6.07, 6.45) is 6.40. The number of aromatic nitrogens is 1. The van der Waals surface area contributed by atoms with Crippen LogP contribution in [0.15, 0.2) is 23.3 Å². The number of nitrogens with zero attached hydrogens (tertiary/aromatic N) is 2. The van der Waals surface area contributed by atoms with E-state index in [0.29, 0.717) is 10.0 Å². The smallest absolute Gasteiger partial charge is 0.203 e. The minimum Gasteiger partial charge on any atom is -0.253 e. The summed E-state index contributed by atoms with van der Waals surface area (Å²) in [4.78, 5) is 5.95. The van der Waals surface area contributed by atoms with Gasteiger partial charge in [-0.1, -0.05) is 29.3 Å². The van der Waals surface area contributed by atoms with Crippen LogP contribution in [0.25, 0.3) is 0 Å². The van der Waals surface area contributed by atoms with Crippen LogP contribution in [0.3, 0.4) is 0 Å². The van der Waals surface area contributed by atoms with Crippen LogP contribution in [-0.4, -0.2) is 11.2 Å². The first kappa shape index (κ1) is 13.9. The maximum atomic E-state index is 6.08. The van der Waals surface area contributed by atoms with E-state index in [1.54, 1.807) is 29.7 Å². The van der Waals surface area contributed by atoms with Gasteiger partial charge in [-0.3, -0.25) is 5.43 Å². The van der Waals surface area contributed by atoms with Crippen LogP contribution in [0.2, 0.25) is 10.0 Å². The molecule has 0 unspecified atom stereocenters. The van der Waals surface area contributed by atoms with Crippen LogP contribution in [0.1, 0.15) is 29.0 Å². The molecule has 0 spiro atoms. The minimum absolute atomic E-state index is 0.585. The van der Waals surface area contributed by atoms with E-state index in [2.05, 4.69) is 15.5 Å². The molecule has 1 aliphatic carbocycles. The van der Waals surface area contributed by atoms with E-state index < -0.39 is 0 Å². The van der Waals surface area contributed by atoms with Gasteiger partial charge in [-0.05, 0) is 37.8 Å². The van der Waals surface area contributed by atoms with Gasteiger partial charge in [0, 0.05) is 15.5 Å². The number of benzene rings is 1. The number of aryl methyl sites for hydroxylation is 2. The van der Waals surface area contributed by atoms with Gasteiger partial charge in [-0.2, -0.15) is 5.10 Å². The van der Waals surface area contributed by atoms with E-state index >= 15 is 0 Å². The zero-order chi connectivity index (χ0) is 13.9. The van der Waals surface area contributed by atoms with E-state index in [1.807, 2.05) is 6.07 Å². The highest BCUT2D eigenvalue weighted by molar-refractivity contribution is 7.15. The highest BCUT2D eigenvalue weighted by atomic mass is 35.5. The number of anilines is 1. The summed E-state index contributed by atoms with van der Waals surface area (Å²) >= 11 is 13.6. The molecule has 0 amide bonds. The molecular weight excluding hydrogens is 313 g/mol. The summed E-state index contributed by atoms with van der Waals surface area (Å²) < 4.78 is 0. The Bertz CT molecular complexity index is 628. The molecule has 3 rings (SSSR count). The summed E-state index contributed by atoms with van der Waals surface area (Å²) in [5, 5.41) is 6.24. The Morgan fingerprint density at radius 3 is 2.90 bits per heavy atom. The number of hydrogen-bond donors (Lipinski definition) is 1. The summed E-state index contributed by atoms with van der Waals surface area (Å²) in [7, 11) is 0. The molecule has 3 nitrogen and oxygen atoms in total. The second-order valence-electron chi connectivity index (χ2n) is 4.63. The van der Waals surface area contributed by atoms with Gasteiger partial charge in [0.05, 0.1) is 16.9 Å². The lowest BCUT2D eigenvalue weighted by molar-refractivity contribution is 0.682. The second kappa shape index (κ2) is 6.12. The largest absolute Gasteiger partial charge is 0.253 e. The number of nitrogens with one attached hydrogen (secondary N) is 1. The van der Waals surface area contributed by atoms with Crippen LogP contribution in [0.5, 0.6) is 0 Å². The lowest BCUT2D eigenvalue weighted by Gasteiger charge is -2.06. The standard InChI is InChI=1S/C14H13Cl2N3S/c15-10-6-5-9(11(16)7-10)8-17-19-14-18-12-3-1-2-4-13(12)20-14/h5-8H,1-4H2,(H,18,19)/b17-8-. The fourth-order valence-electron chi connectivity index (χ4n) is 2.16. The third kappa shape index (κ3) is 3.14. The van der Waals surface area contributed by atoms with Crippen molar-refractivity contribution in [2.75, 3.05) is 5.43 Å². The molecule has 6 heteroatoms. The van der Waals surface area contributed by atoms with Gasteiger partial charge in [0.2, 0.25) is 5.13 Å². The number of rotatable bonds is 3. The average molecular weight is 326 g/mol. The quantitative estimate of drug-likeness (QED) is 0.651. The fourth-order valence-corrected chi connectivity index (χ4v) is 3.62. The molecule has 1 aromatic carbocycles. The van der Waals surface area contributed by atoms with Crippen LogP contribution < -0.4 is 5.43 Å². The molecule has 2 aromatic rings. The maximum Gasteiger partial charge on any atom is 0.203 e. The molecule has 0 bridgehead atoms. The van der Waals surface area contributed by atoms with Gasteiger partial charge >= 0.3 is 0 Å². The number of hydrazone groups is 1. The average Bonchev–Trinajstić information content (AvgIpc) is 2.84. The third-order valence-electron chi connectivity index (χ3n) is 3.17. The molecule has 0 atom stereocenters. The Kier molecular flexibility index (Phi) is 4.24. The van der Waals surface area contributed by atoms with Gasteiger partial charge in [0.25, 0.3) is 0 Å². The second-order valence-corrected chi connectivity index (χ2v) is 6.56. The highest BCUT2D eigenvalue weighted by Crippen LogP contribution is 2.29. The molecule has 0 radical (unpaired) electrons. The van der Waals surface area contributed by atoms with Gasteiger partial charge < -0.3 is 0 Å². The van der Waals surface area contributed by atoms with Crippen LogP contribution in [-0.2, 0) is 12.8 Å². The van der Waals surface area contributed by atoms with E-state index in [0.717, 1.165) is 23.5 Å². The van der Waals surface area contributed by atoms with Crippen LogP contribution in [0, 0.1) is 0 Å². The molecule has 0 saturated heterocycles. The number of fused-ring (bicyclic) bond motifs is 1. The Balaban J connectivity index is 1.69. The topological polar surface area (TPSA) is 37.3 Å². The third-order valence-corrected chi connectivity index (χ3v) is 4.80. The van der Waals surface area contributed by atoms with E-state index in [9.17, 15) is 0 Å². The predicted molar refractivity (Wildman–Crippen MR) is 86.4 cm³/mol. The number of thiazole rings is 1. The van der Waals surface area contributed by atoms with Crippen molar-refractivity contribution >= 4 is 45.9 Å². The number of hydrogen-bond acceptors (Lipinski definition) is 4.